The fourth-order valence-corrected chi connectivity index (χ4v) is 2.83. The van der Waals surface area contributed by atoms with Crippen molar-refractivity contribution in [2.24, 2.45) is 5.92 Å². The van der Waals surface area contributed by atoms with Gasteiger partial charge in [-0.15, -0.1) is 0 Å². The van der Waals surface area contributed by atoms with Gasteiger partial charge in [-0.2, -0.15) is 0 Å². The smallest absolute Gasteiger partial charge is 0.317 e. The van der Waals surface area contributed by atoms with E-state index >= 15 is 0 Å². The van der Waals surface area contributed by atoms with Gasteiger partial charge in [0.05, 0.1) is 6.42 Å². The molecule has 1 unspecified atom stereocenters. The molecule has 2 N–H and O–H groups in total. The highest BCUT2D eigenvalue weighted by molar-refractivity contribution is 5.74. The van der Waals surface area contributed by atoms with Crippen LogP contribution in [0.4, 0.5) is 4.79 Å². The highest BCUT2D eigenvalue weighted by Gasteiger charge is 2.23. The minimum Gasteiger partial charge on any atom is -0.481 e. The molecule has 2 amide bonds. The van der Waals surface area contributed by atoms with Crippen LogP contribution in [0, 0.1) is 5.92 Å². The minimum atomic E-state index is -0.769. The zero-order valence-corrected chi connectivity index (χ0v) is 13.5. The predicted octanol–water partition coefficient (Wildman–Crippen LogP) is 1.61. The molecule has 6 heteroatoms. The minimum absolute atomic E-state index is 0.00674. The van der Waals surface area contributed by atoms with Crippen LogP contribution in [0.1, 0.15) is 40.0 Å². The number of amides is 2. The van der Waals surface area contributed by atoms with E-state index in [1.165, 1.54) is 0 Å². The summed E-state index contributed by atoms with van der Waals surface area (Å²) in [6.45, 7) is 9.77. The van der Waals surface area contributed by atoms with Crippen molar-refractivity contribution in [1.82, 2.24) is 15.1 Å². The van der Waals surface area contributed by atoms with E-state index in [2.05, 4.69) is 31.0 Å². The normalized spacial score (nSPS) is 17.8. The Labute approximate surface area is 127 Å². The Hall–Kier alpha value is -1.30. The van der Waals surface area contributed by atoms with Crippen LogP contribution in [-0.2, 0) is 4.79 Å². The summed E-state index contributed by atoms with van der Waals surface area (Å²) >= 11 is 0. The molecule has 1 fully saturated rings. The van der Waals surface area contributed by atoms with Crippen LogP contribution in [0.5, 0.6) is 0 Å². The standard InChI is InChI=1S/C15H29N3O3/c1-4-13(5-2)12(3)16-15(21)18-10-8-17(9-11-18)7-6-14(19)20/h12-13H,4-11H2,1-3H3,(H,16,21)(H,19,20). The molecule has 0 spiro atoms. The van der Waals surface area contributed by atoms with Crippen molar-refractivity contribution in [3.8, 4) is 0 Å². The predicted molar refractivity (Wildman–Crippen MR) is 82.3 cm³/mol. The van der Waals surface area contributed by atoms with Crippen LogP contribution >= 0.6 is 0 Å². The molecule has 0 aromatic carbocycles. The van der Waals surface area contributed by atoms with Gasteiger partial charge in [0, 0.05) is 38.8 Å². The van der Waals surface area contributed by atoms with Crippen molar-refractivity contribution in [1.29, 1.82) is 0 Å². The number of carboxylic acids is 1. The summed E-state index contributed by atoms with van der Waals surface area (Å²) in [6.07, 6.45) is 2.31. The molecule has 1 atom stereocenters. The molecule has 122 valence electrons. The number of carbonyl (C=O) groups excluding carboxylic acids is 1. The summed E-state index contributed by atoms with van der Waals surface area (Å²) in [5, 5.41) is 11.8. The molecule has 0 bridgehead atoms. The topological polar surface area (TPSA) is 72.9 Å². The number of aliphatic carboxylic acids is 1. The summed E-state index contributed by atoms with van der Waals surface area (Å²) in [4.78, 5) is 26.7. The van der Waals surface area contributed by atoms with Gasteiger partial charge in [-0.05, 0) is 12.8 Å². The molecule has 0 aromatic heterocycles. The molecular weight excluding hydrogens is 270 g/mol. The first kappa shape index (κ1) is 17.8. The molecule has 1 rings (SSSR count). The Bertz CT molecular complexity index is 337. The summed E-state index contributed by atoms with van der Waals surface area (Å²) in [7, 11) is 0. The summed E-state index contributed by atoms with van der Waals surface area (Å²) in [5.74, 6) is -0.250. The van der Waals surface area contributed by atoms with E-state index in [9.17, 15) is 9.59 Å². The first-order valence-electron chi connectivity index (χ1n) is 7.97. The van der Waals surface area contributed by atoms with Crippen LogP contribution in [0.15, 0.2) is 0 Å². The molecule has 0 aliphatic carbocycles. The van der Waals surface area contributed by atoms with E-state index in [4.69, 9.17) is 5.11 Å². The van der Waals surface area contributed by atoms with Crippen LogP contribution in [-0.4, -0.2) is 65.7 Å². The number of piperazine rings is 1. The van der Waals surface area contributed by atoms with Crippen LogP contribution < -0.4 is 5.32 Å². The summed E-state index contributed by atoms with van der Waals surface area (Å²) in [6, 6.07) is 0.199. The largest absolute Gasteiger partial charge is 0.481 e. The van der Waals surface area contributed by atoms with Crippen molar-refractivity contribution in [3.63, 3.8) is 0 Å². The molecule has 0 radical (unpaired) electrons. The lowest BCUT2D eigenvalue weighted by atomic mass is 9.96. The van der Waals surface area contributed by atoms with E-state index in [0.717, 1.165) is 25.9 Å². The number of carbonyl (C=O) groups is 2. The number of rotatable bonds is 7. The second-order valence-electron chi connectivity index (χ2n) is 5.79. The molecule has 1 aliphatic heterocycles. The lowest BCUT2D eigenvalue weighted by Gasteiger charge is -2.35. The first-order chi connectivity index (χ1) is 9.97. The average Bonchev–Trinajstić information content (AvgIpc) is 2.46. The third-order valence-electron chi connectivity index (χ3n) is 4.41. The summed E-state index contributed by atoms with van der Waals surface area (Å²) < 4.78 is 0. The highest BCUT2D eigenvalue weighted by atomic mass is 16.4. The van der Waals surface area contributed by atoms with Crippen molar-refractivity contribution >= 4 is 12.0 Å². The van der Waals surface area contributed by atoms with Crippen LogP contribution in [0.2, 0.25) is 0 Å². The van der Waals surface area contributed by atoms with E-state index < -0.39 is 5.97 Å². The molecule has 1 aliphatic rings. The SMILES string of the molecule is CCC(CC)C(C)NC(=O)N1CCN(CCC(=O)O)CC1. The number of hydrogen-bond acceptors (Lipinski definition) is 3. The Morgan fingerprint density at radius 1 is 1.14 bits per heavy atom. The van der Waals surface area contributed by atoms with Crippen molar-refractivity contribution in [3.05, 3.63) is 0 Å². The van der Waals surface area contributed by atoms with Gasteiger partial charge in [-0.3, -0.25) is 9.69 Å². The van der Waals surface area contributed by atoms with Gasteiger partial charge in [0.2, 0.25) is 0 Å². The molecule has 21 heavy (non-hydrogen) atoms. The Morgan fingerprint density at radius 2 is 1.71 bits per heavy atom. The maximum atomic E-state index is 12.2. The quantitative estimate of drug-likeness (QED) is 0.749. The molecule has 6 nitrogen and oxygen atoms in total. The zero-order valence-electron chi connectivity index (χ0n) is 13.5. The van der Waals surface area contributed by atoms with Crippen LogP contribution in [0.3, 0.4) is 0 Å². The van der Waals surface area contributed by atoms with Crippen LogP contribution in [0.25, 0.3) is 0 Å². The van der Waals surface area contributed by atoms with E-state index in [1.54, 1.807) is 0 Å². The fourth-order valence-electron chi connectivity index (χ4n) is 2.83. The third-order valence-corrected chi connectivity index (χ3v) is 4.41. The number of hydrogen-bond donors (Lipinski definition) is 2. The van der Waals surface area contributed by atoms with Gasteiger partial charge >= 0.3 is 12.0 Å². The molecule has 0 saturated carbocycles. The van der Waals surface area contributed by atoms with Crippen molar-refractivity contribution < 1.29 is 14.7 Å². The zero-order chi connectivity index (χ0) is 15.8. The van der Waals surface area contributed by atoms with Gasteiger partial charge < -0.3 is 15.3 Å². The Balaban J connectivity index is 2.33. The average molecular weight is 299 g/mol. The second kappa shape index (κ2) is 8.87. The van der Waals surface area contributed by atoms with Gasteiger partial charge in [-0.1, -0.05) is 26.7 Å². The van der Waals surface area contributed by atoms with Gasteiger partial charge in [-0.25, -0.2) is 4.79 Å². The Kier molecular flexibility index (Phi) is 7.50. The maximum absolute atomic E-state index is 12.2. The Morgan fingerprint density at radius 3 is 2.19 bits per heavy atom. The van der Waals surface area contributed by atoms with Gasteiger partial charge in [0.1, 0.15) is 0 Å². The van der Waals surface area contributed by atoms with Crippen molar-refractivity contribution in [2.45, 2.75) is 46.1 Å². The molecular formula is C15H29N3O3. The number of carboxylic acid groups (broad SMARTS) is 1. The highest BCUT2D eigenvalue weighted by Crippen LogP contribution is 2.13. The molecule has 0 aromatic rings. The van der Waals surface area contributed by atoms with E-state index in [0.29, 0.717) is 25.6 Å². The van der Waals surface area contributed by atoms with E-state index in [1.807, 2.05) is 4.90 Å². The van der Waals surface area contributed by atoms with Gasteiger partial charge in [0.15, 0.2) is 0 Å². The molecule has 1 heterocycles. The van der Waals surface area contributed by atoms with Gasteiger partial charge in [0.25, 0.3) is 0 Å². The second-order valence-corrected chi connectivity index (χ2v) is 5.79. The maximum Gasteiger partial charge on any atom is 0.317 e. The van der Waals surface area contributed by atoms with E-state index in [-0.39, 0.29) is 18.5 Å². The lowest BCUT2D eigenvalue weighted by Crippen LogP contribution is -2.54. The number of nitrogens with one attached hydrogen (secondary N) is 1. The number of nitrogens with zero attached hydrogens (tertiary/aromatic N) is 2. The monoisotopic (exact) mass is 299 g/mol. The molecule has 1 saturated heterocycles. The third kappa shape index (κ3) is 5.91. The fraction of sp³-hybridized carbons (Fsp3) is 0.867. The summed E-state index contributed by atoms with van der Waals surface area (Å²) in [5.41, 5.74) is 0. The number of urea groups is 1. The first-order valence-corrected chi connectivity index (χ1v) is 7.97. The van der Waals surface area contributed by atoms with Crippen molar-refractivity contribution in [2.75, 3.05) is 32.7 Å². The lowest BCUT2D eigenvalue weighted by molar-refractivity contribution is -0.137.